The maximum atomic E-state index is 12.8. The molecule has 178 valence electrons. The second kappa shape index (κ2) is 9.85. The summed E-state index contributed by atoms with van der Waals surface area (Å²) in [4.78, 5) is 24.7. The molecule has 4 aromatic rings. The Bertz CT molecular complexity index is 1470. The Labute approximate surface area is 204 Å². The van der Waals surface area contributed by atoms with Gasteiger partial charge in [-0.05, 0) is 73.5 Å². The fourth-order valence-corrected chi connectivity index (χ4v) is 4.23. The van der Waals surface area contributed by atoms with Gasteiger partial charge in [-0.1, -0.05) is 24.3 Å². The average molecular weight is 470 g/mol. The molecule has 1 heterocycles. The van der Waals surface area contributed by atoms with Crippen LogP contribution in [0.4, 0.5) is 0 Å². The number of fused-ring (bicyclic) bond motifs is 1. The van der Waals surface area contributed by atoms with Crippen LogP contribution in [0.5, 0.6) is 5.75 Å². The summed E-state index contributed by atoms with van der Waals surface area (Å²) in [6.45, 7) is 5.93. The summed E-state index contributed by atoms with van der Waals surface area (Å²) in [5.41, 5.74) is 8.24. The van der Waals surface area contributed by atoms with E-state index in [0.29, 0.717) is 16.9 Å². The van der Waals surface area contributed by atoms with Crippen molar-refractivity contribution >= 4 is 28.9 Å². The quantitative estimate of drug-likeness (QED) is 0.242. The first-order valence-electron chi connectivity index (χ1n) is 11.1. The Hall–Kier alpha value is -4.39. The van der Waals surface area contributed by atoms with Crippen LogP contribution in [0.15, 0.2) is 65.8 Å². The molecule has 0 fully saturated rings. The molecule has 3 aromatic carbocycles. The number of esters is 1. The summed E-state index contributed by atoms with van der Waals surface area (Å²) in [6, 6.07) is 18.9. The Kier molecular flexibility index (Phi) is 6.68. The van der Waals surface area contributed by atoms with Crippen LogP contribution in [-0.2, 0) is 4.74 Å². The predicted molar refractivity (Wildman–Crippen MR) is 137 cm³/mol. The van der Waals surface area contributed by atoms with Crippen molar-refractivity contribution in [2.75, 3.05) is 14.2 Å². The number of amides is 1. The lowest BCUT2D eigenvalue weighted by atomic mass is 10.1. The SMILES string of the molecule is COC(=O)c1ccc(-n2c(C)cc(/C=N\NC(=O)c3cc4ccccc4cc3OC)c2C)c(C)c1. The van der Waals surface area contributed by atoms with Gasteiger partial charge in [0.05, 0.1) is 31.6 Å². The van der Waals surface area contributed by atoms with Gasteiger partial charge in [0.1, 0.15) is 5.75 Å². The predicted octanol–water partition coefficient (Wildman–Crippen LogP) is 5.11. The monoisotopic (exact) mass is 469 g/mol. The first kappa shape index (κ1) is 23.8. The Morgan fingerprint density at radius 2 is 1.66 bits per heavy atom. The molecule has 0 saturated carbocycles. The smallest absolute Gasteiger partial charge is 0.337 e. The molecule has 1 N–H and O–H groups in total. The summed E-state index contributed by atoms with van der Waals surface area (Å²) >= 11 is 0. The molecule has 4 rings (SSSR count). The Balaban J connectivity index is 1.57. The molecule has 0 aliphatic heterocycles. The second-order valence-corrected chi connectivity index (χ2v) is 8.25. The molecule has 0 aliphatic rings. The number of hydrogen-bond acceptors (Lipinski definition) is 5. The number of rotatable bonds is 6. The number of aryl methyl sites for hydroxylation is 2. The van der Waals surface area contributed by atoms with Crippen molar-refractivity contribution in [1.82, 2.24) is 9.99 Å². The van der Waals surface area contributed by atoms with Crippen LogP contribution < -0.4 is 10.2 Å². The van der Waals surface area contributed by atoms with E-state index in [4.69, 9.17) is 9.47 Å². The van der Waals surface area contributed by atoms with Crippen molar-refractivity contribution < 1.29 is 19.1 Å². The fourth-order valence-electron chi connectivity index (χ4n) is 4.23. The number of benzene rings is 3. The van der Waals surface area contributed by atoms with E-state index in [1.807, 2.05) is 69.3 Å². The van der Waals surface area contributed by atoms with Crippen molar-refractivity contribution in [3.05, 3.63) is 94.3 Å². The molecule has 0 spiro atoms. The summed E-state index contributed by atoms with van der Waals surface area (Å²) in [7, 11) is 2.91. The van der Waals surface area contributed by atoms with Crippen molar-refractivity contribution in [2.24, 2.45) is 5.10 Å². The van der Waals surface area contributed by atoms with Crippen molar-refractivity contribution in [2.45, 2.75) is 20.8 Å². The molecule has 0 aliphatic carbocycles. The highest BCUT2D eigenvalue weighted by molar-refractivity contribution is 6.02. The number of carbonyl (C=O) groups excluding carboxylic acids is 2. The van der Waals surface area contributed by atoms with Gasteiger partial charge in [0, 0.05) is 22.6 Å². The van der Waals surface area contributed by atoms with Crippen molar-refractivity contribution in [3.8, 4) is 11.4 Å². The zero-order valence-electron chi connectivity index (χ0n) is 20.4. The van der Waals surface area contributed by atoms with E-state index in [1.54, 1.807) is 25.5 Å². The highest BCUT2D eigenvalue weighted by atomic mass is 16.5. The van der Waals surface area contributed by atoms with Crippen LogP contribution >= 0.6 is 0 Å². The molecule has 7 nitrogen and oxygen atoms in total. The number of nitrogens with one attached hydrogen (secondary N) is 1. The third-order valence-electron chi connectivity index (χ3n) is 6.01. The molecule has 35 heavy (non-hydrogen) atoms. The van der Waals surface area contributed by atoms with Gasteiger partial charge in [-0.15, -0.1) is 0 Å². The lowest BCUT2D eigenvalue weighted by molar-refractivity contribution is 0.0600. The van der Waals surface area contributed by atoms with Gasteiger partial charge in [-0.2, -0.15) is 5.10 Å². The zero-order chi connectivity index (χ0) is 25.1. The highest BCUT2D eigenvalue weighted by Crippen LogP contribution is 2.26. The topological polar surface area (TPSA) is 81.9 Å². The molecular weight excluding hydrogens is 442 g/mol. The van der Waals surface area contributed by atoms with E-state index in [0.717, 1.165) is 39.0 Å². The minimum absolute atomic E-state index is 0.355. The summed E-state index contributed by atoms with van der Waals surface area (Å²) in [5, 5.41) is 6.13. The standard InChI is InChI=1S/C28H27N3O4/c1-17-12-22(28(33)35-5)10-11-25(17)31-18(2)13-23(19(31)3)16-29-30-27(32)24-14-20-8-6-7-9-21(20)15-26(24)34-4/h6-16H,1-5H3,(H,30,32)/b29-16-. The van der Waals surface area contributed by atoms with Gasteiger partial charge in [0.2, 0.25) is 0 Å². The molecule has 7 heteroatoms. The lowest BCUT2D eigenvalue weighted by Crippen LogP contribution is -2.18. The van der Waals surface area contributed by atoms with E-state index in [1.165, 1.54) is 7.11 Å². The second-order valence-electron chi connectivity index (χ2n) is 8.25. The van der Waals surface area contributed by atoms with E-state index < -0.39 is 0 Å². The molecular formula is C28H27N3O4. The maximum Gasteiger partial charge on any atom is 0.337 e. The van der Waals surface area contributed by atoms with Gasteiger partial charge in [-0.3, -0.25) is 4.79 Å². The Morgan fingerprint density at radius 3 is 2.31 bits per heavy atom. The van der Waals surface area contributed by atoms with Crippen LogP contribution in [0, 0.1) is 20.8 Å². The summed E-state index contributed by atoms with van der Waals surface area (Å²) in [6.07, 6.45) is 1.63. The van der Waals surface area contributed by atoms with Gasteiger partial charge >= 0.3 is 5.97 Å². The first-order valence-corrected chi connectivity index (χ1v) is 11.1. The number of methoxy groups -OCH3 is 2. The third-order valence-corrected chi connectivity index (χ3v) is 6.01. The largest absolute Gasteiger partial charge is 0.496 e. The number of ether oxygens (including phenoxy) is 2. The Morgan fingerprint density at radius 1 is 0.943 bits per heavy atom. The molecule has 0 bridgehead atoms. The summed E-state index contributed by atoms with van der Waals surface area (Å²) in [5.74, 6) is -0.237. The van der Waals surface area contributed by atoms with Crippen LogP contribution in [0.1, 0.15) is 43.2 Å². The molecule has 0 unspecified atom stereocenters. The highest BCUT2D eigenvalue weighted by Gasteiger charge is 2.15. The molecule has 1 amide bonds. The molecule has 0 radical (unpaired) electrons. The van der Waals surface area contributed by atoms with E-state index in [-0.39, 0.29) is 11.9 Å². The van der Waals surface area contributed by atoms with E-state index >= 15 is 0 Å². The normalized spacial score (nSPS) is 11.1. The van der Waals surface area contributed by atoms with E-state index in [2.05, 4.69) is 15.1 Å². The van der Waals surface area contributed by atoms with Gasteiger partial charge in [0.15, 0.2) is 0 Å². The maximum absolute atomic E-state index is 12.8. The number of aromatic nitrogens is 1. The van der Waals surface area contributed by atoms with Crippen molar-refractivity contribution in [3.63, 3.8) is 0 Å². The van der Waals surface area contributed by atoms with Gasteiger partial charge < -0.3 is 14.0 Å². The minimum atomic E-state index is -0.368. The number of carbonyl (C=O) groups is 2. The number of nitrogens with zero attached hydrogens (tertiary/aromatic N) is 2. The molecule has 0 atom stereocenters. The van der Waals surface area contributed by atoms with Crippen LogP contribution in [-0.4, -0.2) is 36.9 Å². The third kappa shape index (κ3) is 4.66. The van der Waals surface area contributed by atoms with Gasteiger partial charge in [0.25, 0.3) is 5.91 Å². The fraction of sp³-hybridized carbons (Fsp3) is 0.179. The van der Waals surface area contributed by atoms with Crippen LogP contribution in [0.3, 0.4) is 0 Å². The molecule has 1 aromatic heterocycles. The minimum Gasteiger partial charge on any atom is -0.496 e. The number of hydrogen-bond donors (Lipinski definition) is 1. The van der Waals surface area contributed by atoms with E-state index in [9.17, 15) is 9.59 Å². The molecule has 0 saturated heterocycles. The average Bonchev–Trinajstić information content (AvgIpc) is 3.15. The van der Waals surface area contributed by atoms with Gasteiger partial charge in [-0.25, -0.2) is 10.2 Å². The lowest BCUT2D eigenvalue weighted by Gasteiger charge is -2.13. The van der Waals surface area contributed by atoms with Crippen molar-refractivity contribution in [1.29, 1.82) is 0 Å². The number of hydrazone groups is 1. The van der Waals surface area contributed by atoms with Crippen LogP contribution in [0.25, 0.3) is 16.5 Å². The summed E-state index contributed by atoms with van der Waals surface area (Å²) < 4.78 is 12.3. The zero-order valence-corrected chi connectivity index (χ0v) is 20.4. The van der Waals surface area contributed by atoms with Crippen LogP contribution in [0.2, 0.25) is 0 Å². The first-order chi connectivity index (χ1) is 16.8.